The van der Waals surface area contributed by atoms with Crippen molar-refractivity contribution in [3.8, 4) is 50.4 Å². The largest absolute Gasteiger partial charge is 0.507 e. The highest BCUT2D eigenvalue weighted by molar-refractivity contribution is 5.86. The molecule has 7 aromatic rings. The number of aromatic hydroxyl groups is 1. The first-order valence-corrected chi connectivity index (χ1v) is 19.8. The van der Waals surface area contributed by atoms with Crippen LogP contribution in [0.25, 0.3) is 44.6 Å². The minimum absolute atomic E-state index is 0.0424. The minimum Gasteiger partial charge on any atom is -0.507 e. The zero-order chi connectivity index (χ0) is 39.6. The molecule has 3 nitrogen and oxygen atoms in total. The van der Waals surface area contributed by atoms with Crippen molar-refractivity contribution < 1.29 is 5.11 Å². The second kappa shape index (κ2) is 13.4. The van der Waals surface area contributed by atoms with E-state index in [0.717, 1.165) is 50.5 Å². The first kappa shape index (κ1) is 37.1. The third kappa shape index (κ3) is 6.43. The summed E-state index contributed by atoms with van der Waals surface area (Å²) in [4.78, 5) is 10.7. The zero-order valence-electron chi connectivity index (χ0n) is 34.2. The van der Waals surface area contributed by atoms with E-state index in [0.29, 0.717) is 0 Å². The number of hydrogen-bond acceptors (Lipinski definition) is 3. The number of phenols is 1. The molecule has 0 atom stereocenters. The van der Waals surface area contributed by atoms with Crippen molar-refractivity contribution in [2.45, 2.75) is 84.0 Å². The molecule has 0 saturated heterocycles. The molecule has 0 unspecified atom stereocenters. The predicted molar refractivity (Wildman–Crippen MR) is 233 cm³/mol. The van der Waals surface area contributed by atoms with Crippen molar-refractivity contribution in [1.29, 1.82) is 0 Å². The summed E-state index contributed by atoms with van der Waals surface area (Å²) >= 11 is 0. The van der Waals surface area contributed by atoms with Gasteiger partial charge in [0.2, 0.25) is 0 Å². The van der Waals surface area contributed by atoms with Gasteiger partial charge in [0, 0.05) is 17.3 Å². The second-order valence-electron chi connectivity index (χ2n) is 18.5. The van der Waals surface area contributed by atoms with Crippen molar-refractivity contribution in [3.05, 3.63) is 185 Å². The maximum atomic E-state index is 11.5. The van der Waals surface area contributed by atoms with E-state index in [9.17, 15) is 5.11 Å². The van der Waals surface area contributed by atoms with Crippen LogP contribution in [-0.4, -0.2) is 15.1 Å². The smallest absolute Gasteiger partial charge is 0.123 e. The lowest BCUT2D eigenvalue weighted by atomic mass is 9.72. The van der Waals surface area contributed by atoms with Crippen LogP contribution in [0, 0.1) is 0 Å². The van der Waals surface area contributed by atoms with Gasteiger partial charge in [-0.25, -0.2) is 0 Å². The van der Waals surface area contributed by atoms with E-state index in [1.807, 2.05) is 24.4 Å². The van der Waals surface area contributed by atoms with E-state index in [2.05, 4.69) is 184 Å². The Labute approximate surface area is 333 Å². The maximum absolute atomic E-state index is 11.5. The van der Waals surface area contributed by atoms with Crippen LogP contribution in [0.1, 0.15) is 102 Å². The quantitative estimate of drug-likeness (QED) is 0.192. The normalized spacial score (nSPS) is 13.7. The summed E-state index contributed by atoms with van der Waals surface area (Å²) in [5, 5.41) is 11.5. The Bertz CT molecular complexity index is 2520. The number of benzene rings is 5. The third-order valence-electron chi connectivity index (χ3n) is 11.5. The molecule has 1 N–H and O–H groups in total. The summed E-state index contributed by atoms with van der Waals surface area (Å²) in [5.41, 5.74) is 15.3. The molecule has 56 heavy (non-hydrogen) atoms. The molecule has 0 aliphatic heterocycles. The third-order valence-corrected chi connectivity index (χ3v) is 11.5. The Morgan fingerprint density at radius 3 is 1.55 bits per heavy atom. The first-order valence-electron chi connectivity index (χ1n) is 19.8. The molecule has 1 aliphatic rings. The number of fused-ring (bicyclic) bond motifs is 3. The number of rotatable bonds is 5. The fourth-order valence-electron chi connectivity index (χ4n) is 8.30. The molecular weight excluding hydrogens is 681 g/mol. The lowest BCUT2D eigenvalue weighted by Gasteiger charge is -2.31. The van der Waals surface area contributed by atoms with Gasteiger partial charge in [0.05, 0.1) is 17.1 Å². The summed E-state index contributed by atoms with van der Waals surface area (Å²) in [7, 11) is 0. The number of pyridine rings is 2. The monoisotopic (exact) mass is 732 g/mol. The number of phenolic OH excluding ortho intramolecular Hbond substituents is 1. The molecule has 0 amide bonds. The van der Waals surface area contributed by atoms with Crippen molar-refractivity contribution in [1.82, 2.24) is 9.97 Å². The summed E-state index contributed by atoms with van der Waals surface area (Å²) < 4.78 is 0. The van der Waals surface area contributed by atoms with Crippen molar-refractivity contribution >= 4 is 0 Å². The Morgan fingerprint density at radius 2 is 0.964 bits per heavy atom. The molecule has 8 rings (SSSR count). The van der Waals surface area contributed by atoms with E-state index < -0.39 is 5.41 Å². The predicted octanol–water partition coefficient (Wildman–Crippen LogP) is 13.4. The molecule has 0 spiro atoms. The second-order valence-corrected chi connectivity index (χ2v) is 18.5. The maximum Gasteiger partial charge on any atom is 0.123 e. The van der Waals surface area contributed by atoms with Gasteiger partial charge < -0.3 is 5.11 Å². The molecule has 280 valence electrons. The van der Waals surface area contributed by atoms with E-state index in [1.165, 1.54) is 33.4 Å². The van der Waals surface area contributed by atoms with Gasteiger partial charge in [-0.05, 0) is 126 Å². The van der Waals surface area contributed by atoms with Gasteiger partial charge in [0.1, 0.15) is 11.2 Å². The summed E-state index contributed by atoms with van der Waals surface area (Å²) in [6.45, 7) is 20.3. The van der Waals surface area contributed by atoms with Gasteiger partial charge in [-0.1, -0.05) is 147 Å². The van der Waals surface area contributed by atoms with Crippen LogP contribution >= 0.6 is 0 Å². The van der Waals surface area contributed by atoms with Gasteiger partial charge in [0.25, 0.3) is 0 Å². The van der Waals surface area contributed by atoms with E-state index >= 15 is 0 Å². The molecule has 3 heteroatoms. The van der Waals surface area contributed by atoms with E-state index in [-0.39, 0.29) is 22.0 Å². The summed E-state index contributed by atoms with van der Waals surface area (Å²) in [6.07, 6.45) is 1.88. The van der Waals surface area contributed by atoms with Gasteiger partial charge in [-0.15, -0.1) is 0 Å². The Morgan fingerprint density at radius 1 is 0.429 bits per heavy atom. The summed E-state index contributed by atoms with van der Waals surface area (Å²) in [6, 6.07) is 49.7. The highest BCUT2D eigenvalue weighted by Crippen LogP contribution is 2.55. The van der Waals surface area contributed by atoms with Crippen molar-refractivity contribution in [2.24, 2.45) is 0 Å². The van der Waals surface area contributed by atoms with Crippen LogP contribution in [-0.2, 0) is 21.7 Å². The molecule has 0 saturated carbocycles. The van der Waals surface area contributed by atoms with Crippen molar-refractivity contribution in [2.75, 3.05) is 0 Å². The van der Waals surface area contributed by atoms with Gasteiger partial charge in [-0.3, -0.25) is 9.97 Å². The van der Waals surface area contributed by atoms with E-state index in [1.54, 1.807) is 0 Å². The van der Waals surface area contributed by atoms with Crippen LogP contribution in [0.4, 0.5) is 0 Å². The molecule has 0 radical (unpaired) electrons. The lowest BCUT2D eigenvalue weighted by molar-refractivity contribution is 0.476. The standard InChI is InChI=1S/C53H52N2O/c1-50(2,3)38-24-25-47(56)43(33-38)36-27-34(35-30-39(51(4,5)6)32-40(31-35)52(7,8)9)28-37(29-36)46-21-16-23-49(55-46)53(48-22-14-15-26-54-48)44-19-12-10-17-41(44)42-18-11-13-20-45(42)53/h10-33,56H,1-9H3. The molecule has 5 aromatic carbocycles. The van der Waals surface area contributed by atoms with E-state index in [4.69, 9.17) is 9.97 Å². The number of aromatic nitrogens is 2. The Kier molecular flexibility index (Phi) is 8.92. The van der Waals surface area contributed by atoms with Crippen LogP contribution in [0.5, 0.6) is 5.75 Å². The molecule has 0 bridgehead atoms. The number of nitrogens with zero attached hydrogens (tertiary/aromatic N) is 2. The van der Waals surface area contributed by atoms with Crippen LogP contribution < -0.4 is 0 Å². The zero-order valence-corrected chi connectivity index (χ0v) is 34.2. The van der Waals surface area contributed by atoms with Crippen molar-refractivity contribution in [3.63, 3.8) is 0 Å². The fraction of sp³-hybridized carbons (Fsp3) is 0.245. The molecule has 2 heterocycles. The minimum atomic E-state index is -0.715. The fourth-order valence-corrected chi connectivity index (χ4v) is 8.30. The average Bonchev–Trinajstić information content (AvgIpc) is 3.48. The average molecular weight is 733 g/mol. The van der Waals surface area contributed by atoms with Gasteiger partial charge in [0.15, 0.2) is 0 Å². The summed E-state index contributed by atoms with van der Waals surface area (Å²) in [5.74, 6) is 0.259. The highest BCUT2D eigenvalue weighted by atomic mass is 16.3. The van der Waals surface area contributed by atoms with Crippen LogP contribution in [0.2, 0.25) is 0 Å². The molecular formula is C53H52N2O. The Hall–Kier alpha value is -5.80. The topological polar surface area (TPSA) is 46.0 Å². The Balaban J connectivity index is 1.41. The molecule has 1 aliphatic carbocycles. The highest BCUT2D eigenvalue weighted by Gasteiger charge is 2.48. The van der Waals surface area contributed by atoms with Crippen LogP contribution in [0.15, 0.2) is 146 Å². The first-order chi connectivity index (χ1) is 26.5. The van der Waals surface area contributed by atoms with Crippen LogP contribution in [0.3, 0.4) is 0 Å². The van der Waals surface area contributed by atoms with Gasteiger partial charge in [-0.2, -0.15) is 0 Å². The number of hydrogen-bond donors (Lipinski definition) is 1. The van der Waals surface area contributed by atoms with Gasteiger partial charge >= 0.3 is 0 Å². The SMILES string of the molecule is CC(C)(C)c1cc(-c2cc(-c3cccc(C4(c5ccccn5)c5ccccc5-c5ccccc54)n3)cc(-c3cc(C(C)(C)C)ccc3O)c2)cc(C(C)(C)C)c1. The molecule has 2 aromatic heterocycles. The molecule has 0 fully saturated rings. The lowest BCUT2D eigenvalue weighted by Crippen LogP contribution is -2.31.